The molecule has 1 aliphatic carbocycles. The van der Waals surface area contributed by atoms with Crippen molar-refractivity contribution in [2.45, 2.75) is 30.2 Å². The second-order valence-electron chi connectivity index (χ2n) is 7.48. The van der Waals surface area contributed by atoms with Crippen LogP contribution in [0.2, 0.25) is 0 Å². The summed E-state index contributed by atoms with van der Waals surface area (Å²) in [6.07, 6.45) is 2.83. The van der Waals surface area contributed by atoms with Crippen molar-refractivity contribution in [3.8, 4) is 5.75 Å². The van der Waals surface area contributed by atoms with E-state index >= 15 is 0 Å². The molecule has 160 valence electrons. The molecule has 6 nitrogen and oxygen atoms in total. The minimum Gasteiger partial charge on any atom is -0.497 e. The summed E-state index contributed by atoms with van der Waals surface area (Å²) in [7, 11) is -2.02. The molecular formula is C24H24N2O4S. The van der Waals surface area contributed by atoms with Crippen LogP contribution in [-0.4, -0.2) is 21.4 Å². The van der Waals surface area contributed by atoms with Gasteiger partial charge in [-0.2, -0.15) is 0 Å². The van der Waals surface area contributed by atoms with Gasteiger partial charge >= 0.3 is 0 Å². The van der Waals surface area contributed by atoms with Crippen LogP contribution < -0.4 is 14.8 Å². The molecule has 0 fully saturated rings. The number of amides is 1. The van der Waals surface area contributed by atoms with Crippen LogP contribution in [0.25, 0.3) is 0 Å². The summed E-state index contributed by atoms with van der Waals surface area (Å²) in [6, 6.07) is 20.5. The molecule has 0 spiro atoms. The molecule has 0 radical (unpaired) electrons. The van der Waals surface area contributed by atoms with Crippen LogP contribution in [0.4, 0.5) is 5.69 Å². The smallest absolute Gasteiger partial charge is 0.261 e. The number of hydrogen-bond donors (Lipinski definition) is 2. The summed E-state index contributed by atoms with van der Waals surface area (Å²) < 4.78 is 32.7. The fourth-order valence-corrected chi connectivity index (χ4v) is 4.89. The van der Waals surface area contributed by atoms with Gasteiger partial charge in [0.1, 0.15) is 5.75 Å². The molecule has 0 saturated carbocycles. The van der Waals surface area contributed by atoms with Gasteiger partial charge < -0.3 is 10.1 Å². The number of sulfonamides is 1. The fraction of sp³-hybridized carbons (Fsp3) is 0.208. The van der Waals surface area contributed by atoms with Gasteiger partial charge in [0.25, 0.3) is 15.9 Å². The van der Waals surface area contributed by atoms with Gasteiger partial charge in [-0.3, -0.25) is 9.52 Å². The van der Waals surface area contributed by atoms with Crippen molar-refractivity contribution in [1.82, 2.24) is 5.32 Å². The van der Waals surface area contributed by atoms with E-state index < -0.39 is 10.0 Å². The number of hydrogen-bond acceptors (Lipinski definition) is 4. The van der Waals surface area contributed by atoms with Crippen LogP contribution in [0.5, 0.6) is 5.75 Å². The van der Waals surface area contributed by atoms with Gasteiger partial charge in [-0.05, 0) is 78.9 Å². The highest BCUT2D eigenvalue weighted by Gasteiger charge is 2.23. The van der Waals surface area contributed by atoms with E-state index in [9.17, 15) is 13.2 Å². The van der Waals surface area contributed by atoms with Crippen molar-refractivity contribution in [3.05, 3.63) is 89.5 Å². The molecule has 0 aliphatic heterocycles. The average Bonchev–Trinajstić information content (AvgIpc) is 2.79. The van der Waals surface area contributed by atoms with E-state index in [-0.39, 0.29) is 16.8 Å². The monoisotopic (exact) mass is 436 g/mol. The Hall–Kier alpha value is -3.32. The quantitative estimate of drug-likeness (QED) is 0.603. The van der Waals surface area contributed by atoms with E-state index in [1.165, 1.54) is 17.7 Å². The Morgan fingerprint density at radius 2 is 1.74 bits per heavy atom. The van der Waals surface area contributed by atoms with Crippen molar-refractivity contribution >= 4 is 21.6 Å². The lowest BCUT2D eigenvalue weighted by molar-refractivity contribution is 0.0933. The molecule has 1 atom stereocenters. The van der Waals surface area contributed by atoms with Gasteiger partial charge in [0.2, 0.25) is 0 Å². The highest BCUT2D eigenvalue weighted by molar-refractivity contribution is 7.92. The Balaban J connectivity index is 1.45. The zero-order valence-corrected chi connectivity index (χ0v) is 18.0. The van der Waals surface area contributed by atoms with Crippen LogP contribution in [0, 0.1) is 0 Å². The number of fused-ring (bicyclic) bond motifs is 1. The molecule has 3 aromatic carbocycles. The summed E-state index contributed by atoms with van der Waals surface area (Å²) in [5, 5.41) is 3.10. The first-order chi connectivity index (χ1) is 15.0. The molecule has 7 heteroatoms. The van der Waals surface area contributed by atoms with Crippen molar-refractivity contribution in [2.24, 2.45) is 0 Å². The zero-order chi connectivity index (χ0) is 21.8. The van der Waals surface area contributed by atoms with E-state index in [4.69, 9.17) is 4.74 Å². The van der Waals surface area contributed by atoms with Crippen molar-refractivity contribution in [2.75, 3.05) is 11.8 Å². The Kier molecular flexibility index (Phi) is 5.95. The van der Waals surface area contributed by atoms with E-state index in [2.05, 4.69) is 10.0 Å². The lowest BCUT2D eigenvalue weighted by Crippen LogP contribution is -2.31. The first kappa shape index (κ1) is 20.9. The number of nitrogens with one attached hydrogen (secondary N) is 2. The summed E-state index contributed by atoms with van der Waals surface area (Å²) in [4.78, 5) is 13.0. The predicted octanol–water partition coefficient (Wildman–Crippen LogP) is 4.30. The molecule has 4 rings (SSSR count). The Morgan fingerprint density at radius 3 is 2.45 bits per heavy atom. The maximum absolute atomic E-state index is 12.8. The minimum absolute atomic E-state index is 0.0570. The molecule has 2 N–H and O–H groups in total. The third-order valence-corrected chi connectivity index (χ3v) is 6.82. The first-order valence-corrected chi connectivity index (χ1v) is 11.6. The minimum atomic E-state index is -3.67. The third kappa shape index (κ3) is 4.72. The van der Waals surface area contributed by atoms with Gasteiger partial charge in [0.15, 0.2) is 0 Å². The van der Waals surface area contributed by atoms with Gasteiger partial charge in [0, 0.05) is 11.3 Å². The van der Waals surface area contributed by atoms with Crippen LogP contribution in [0.3, 0.4) is 0 Å². The topological polar surface area (TPSA) is 84.5 Å². The third-order valence-electron chi connectivity index (χ3n) is 5.42. The van der Waals surface area contributed by atoms with E-state index in [0.29, 0.717) is 11.3 Å². The van der Waals surface area contributed by atoms with Gasteiger partial charge in [-0.1, -0.05) is 24.3 Å². The fourth-order valence-electron chi connectivity index (χ4n) is 3.81. The van der Waals surface area contributed by atoms with Crippen molar-refractivity contribution in [1.29, 1.82) is 0 Å². The summed E-state index contributed by atoms with van der Waals surface area (Å²) >= 11 is 0. The van der Waals surface area contributed by atoms with Crippen LogP contribution in [-0.2, 0) is 16.4 Å². The molecule has 0 bridgehead atoms. The van der Waals surface area contributed by atoms with Crippen LogP contribution in [0.15, 0.2) is 77.7 Å². The zero-order valence-electron chi connectivity index (χ0n) is 17.2. The first-order valence-electron chi connectivity index (χ1n) is 10.1. The summed E-state index contributed by atoms with van der Waals surface area (Å²) in [6.45, 7) is 0. The van der Waals surface area contributed by atoms with Crippen LogP contribution in [0.1, 0.15) is 40.4 Å². The molecular weight excluding hydrogens is 412 g/mol. The van der Waals surface area contributed by atoms with E-state index in [1.54, 1.807) is 49.6 Å². The predicted molar refractivity (Wildman–Crippen MR) is 120 cm³/mol. The van der Waals surface area contributed by atoms with Crippen molar-refractivity contribution in [3.63, 3.8) is 0 Å². The number of rotatable bonds is 6. The summed E-state index contributed by atoms with van der Waals surface area (Å²) in [5.41, 5.74) is 3.19. The number of carbonyl (C=O) groups excluding carboxylic acids is 1. The number of anilines is 1. The van der Waals surface area contributed by atoms with E-state index in [1.807, 2.05) is 18.2 Å². The Labute approximate surface area is 182 Å². The second kappa shape index (κ2) is 8.81. The van der Waals surface area contributed by atoms with Gasteiger partial charge in [-0.25, -0.2) is 8.42 Å². The lowest BCUT2D eigenvalue weighted by atomic mass is 9.87. The highest BCUT2D eigenvalue weighted by atomic mass is 32.2. The SMILES string of the molecule is COc1ccc2c(c1)CCCC2NC(=O)c1ccc(NS(=O)(=O)c2ccccc2)cc1. The average molecular weight is 437 g/mol. The standard InChI is InChI=1S/C24H24N2O4S/c1-30-20-14-15-22-18(16-20)6-5-9-23(22)25-24(27)17-10-12-19(13-11-17)26-31(28,29)21-7-3-2-4-8-21/h2-4,7-8,10-16,23,26H,5-6,9H2,1H3,(H,25,27). The Morgan fingerprint density at radius 1 is 1.00 bits per heavy atom. The normalized spacial score (nSPS) is 15.6. The number of carbonyl (C=O) groups is 1. The number of aryl methyl sites for hydroxylation is 1. The molecule has 1 amide bonds. The molecule has 0 saturated heterocycles. The molecule has 1 unspecified atom stereocenters. The largest absolute Gasteiger partial charge is 0.497 e. The maximum Gasteiger partial charge on any atom is 0.261 e. The van der Waals surface area contributed by atoms with E-state index in [0.717, 1.165) is 30.6 Å². The number of benzene rings is 3. The Bertz CT molecular complexity index is 1180. The number of methoxy groups -OCH3 is 1. The van der Waals surface area contributed by atoms with Crippen LogP contribution >= 0.6 is 0 Å². The van der Waals surface area contributed by atoms with Gasteiger partial charge in [-0.15, -0.1) is 0 Å². The molecule has 31 heavy (non-hydrogen) atoms. The number of ether oxygens (including phenoxy) is 1. The van der Waals surface area contributed by atoms with Crippen molar-refractivity contribution < 1.29 is 17.9 Å². The molecule has 3 aromatic rings. The molecule has 1 aliphatic rings. The van der Waals surface area contributed by atoms with Gasteiger partial charge in [0.05, 0.1) is 18.0 Å². The second-order valence-corrected chi connectivity index (χ2v) is 9.16. The maximum atomic E-state index is 12.8. The highest BCUT2D eigenvalue weighted by Crippen LogP contribution is 2.32. The summed E-state index contributed by atoms with van der Waals surface area (Å²) in [5.74, 6) is 0.630. The lowest BCUT2D eigenvalue weighted by Gasteiger charge is -2.27. The molecule has 0 heterocycles. The molecule has 0 aromatic heterocycles.